The van der Waals surface area contributed by atoms with Gasteiger partial charge in [0.05, 0.1) is 31.6 Å². The number of nitrogens with zero attached hydrogens (tertiary/aromatic N) is 2. The molecule has 0 saturated heterocycles. The Bertz CT molecular complexity index is 947. The van der Waals surface area contributed by atoms with Crippen molar-refractivity contribution in [2.24, 2.45) is 0 Å². The Hall–Kier alpha value is -3.53. The van der Waals surface area contributed by atoms with E-state index in [1.807, 2.05) is 17.0 Å². The average Bonchev–Trinajstić information content (AvgIpc) is 3.19. The zero-order valence-electron chi connectivity index (χ0n) is 16.6. The number of carboxylic acids is 1. The van der Waals surface area contributed by atoms with E-state index < -0.39 is 10.9 Å². The molecule has 160 valence electrons. The lowest BCUT2D eigenvalue weighted by Gasteiger charge is -2.22. The summed E-state index contributed by atoms with van der Waals surface area (Å²) in [7, 11) is 2.85. The summed E-state index contributed by atoms with van der Waals surface area (Å²) in [6.07, 6.45) is -0.106. The molecule has 0 unspecified atom stereocenters. The summed E-state index contributed by atoms with van der Waals surface area (Å²) >= 11 is 0. The van der Waals surface area contributed by atoms with Crippen LogP contribution in [0.25, 0.3) is 0 Å². The van der Waals surface area contributed by atoms with Crippen molar-refractivity contribution < 1.29 is 33.8 Å². The normalized spacial score (nSPS) is 12.1. The van der Waals surface area contributed by atoms with Crippen LogP contribution in [0.3, 0.4) is 0 Å². The molecule has 0 aliphatic carbocycles. The molecule has 1 N–H and O–H groups in total. The third-order valence-corrected chi connectivity index (χ3v) is 4.66. The molecule has 1 aliphatic heterocycles. The summed E-state index contributed by atoms with van der Waals surface area (Å²) in [5.41, 5.74) is 1.13. The Morgan fingerprint density at radius 1 is 1.13 bits per heavy atom. The molecule has 0 fully saturated rings. The SMILES string of the molecule is COc1cc(CN(CCC(=O)O)Cc2ccc3c(c2)OCO3)c([N+](=O)[O-])cc1OC. The lowest BCUT2D eigenvalue weighted by molar-refractivity contribution is -0.385. The Balaban J connectivity index is 1.89. The van der Waals surface area contributed by atoms with Crippen LogP contribution in [0.15, 0.2) is 30.3 Å². The fourth-order valence-electron chi connectivity index (χ4n) is 3.21. The Morgan fingerprint density at radius 3 is 2.50 bits per heavy atom. The van der Waals surface area contributed by atoms with Crippen LogP contribution in [0.1, 0.15) is 17.5 Å². The number of nitro benzene ring substituents is 1. The molecule has 10 nitrogen and oxygen atoms in total. The van der Waals surface area contributed by atoms with Gasteiger partial charge in [-0.05, 0) is 23.8 Å². The van der Waals surface area contributed by atoms with E-state index in [-0.39, 0.29) is 37.7 Å². The fourth-order valence-corrected chi connectivity index (χ4v) is 3.21. The molecule has 2 aromatic rings. The van der Waals surface area contributed by atoms with Gasteiger partial charge in [-0.3, -0.25) is 19.8 Å². The molecule has 0 radical (unpaired) electrons. The minimum atomic E-state index is -0.951. The highest BCUT2D eigenvalue weighted by molar-refractivity contribution is 5.66. The summed E-state index contributed by atoms with van der Waals surface area (Å²) in [6.45, 7) is 0.877. The number of rotatable bonds is 10. The summed E-state index contributed by atoms with van der Waals surface area (Å²) in [5, 5.41) is 20.7. The van der Waals surface area contributed by atoms with Gasteiger partial charge in [0, 0.05) is 25.2 Å². The van der Waals surface area contributed by atoms with Gasteiger partial charge in [-0.25, -0.2) is 0 Å². The summed E-state index contributed by atoms with van der Waals surface area (Å²) in [5.74, 6) is 0.918. The predicted octanol–water partition coefficient (Wildman–Crippen LogP) is 2.82. The van der Waals surface area contributed by atoms with Gasteiger partial charge in [0.1, 0.15) is 0 Å². The second-order valence-electron chi connectivity index (χ2n) is 6.64. The maximum atomic E-state index is 11.6. The topological polar surface area (TPSA) is 121 Å². The van der Waals surface area contributed by atoms with Crippen molar-refractivity contribution in [2.45, 2.75) is 19.5 Å². The zero-order valence-corrected chi connectivity index (χ0v) is 16.6. The Kier molecular flexibility index (Phi) is 6.58. The first-order valence-electron chi connectivity index (χ1n) is 9.13. The van der Waals surface area contributed by atoms with Gasteiger partial charge in [0.25, 0.3) is 5.69 Å². The van der Waals surface area contributed by atoms with Gasteiger partial charge in [-0.1, -0.05) is 6.07 Å². The second-order valence-corrected chi connectivity index (χ2v) is 6.64. The smallest absolute Gasteiger partial charge is 0.304 e. The van der Waals surface area contributed by atoms with Crippen molar-refractivity contribution in [2.75, 3.05) is 27.6 Å². The number of fused-ring (bicyclic) bond motifs is 1. The van der Waals surface area contributed by atoms with Crippen molar-refractivity contribution in [3.63, 3.8) is 0 Å². The summed E-state index contributed by atoms with van der Waals surface area (Å²) in [4.78, 5) is 24.0. The Morgan fingerprint density at radius 2 is 1.83 bits per heavy atom. The number of benzene rings is 2. The molecule has 1 aliphatic rings. The van der Waals surface area contributed by atoms with Gasteiger partial charge in [0.15, 0.2) is 23.0 Å². The highest BCUT2D eigenvalue weighted by atomic mass is 16.7. The van der Waals surface area contributed by atoms with E-state index in [0.717, 1.165) is 5.56 Å². The Labute approximate surface area is 172 Å². The molecule has 0 spiro atoms. The van der Waals surface area contributed by atoms with Crippen molar-refractivity contribution in [3.8, 4) is 23.0 Å². The highest BCUT2D eigenvalue weighted by Crippen LogP contribution is 2.36. The molecule has 2 aromatic carbocycles. The van der Waals surface area contributed by atoms with Crippen LogP contribution in [0, 0.1) is 10.1 Å². The first-order valence-corrected chi connectivity index (χ1v) is 9.13. The number of nitro groups is 1. The van der Waals surface area contributed by atoms with E-state index in [4.69, 9.17) is 24.1 Å². The van der Waals surface area contributed by atoms with Crippen LogP contribution in [0.4, 0.5) is 5.69 Å². The van der Waals surface area contributed by atoms with E-state index in [1.54, 1.807) is 12.1 Å². The second kappa shape index (κ2) is 9.31. The predicted molar refractivity (Wildman–Crippen MR) is 105 cm³/mol. The standard InChI is InChI=1S/C20H22N2O8/c1-27-17-8-14(15(22(25)26)9-18(17)28-2)11-21(6-5-20(23)24)10-13-3-4-16-19(7-13)30-12-29-16/h3-4,7-9H,5-6,10-12H2,1-2H3,(H,23,24). The number of ether oxygens (including phenoxy) is 4. The monoisotopic (exact) mass is 418 g/mol. The lowest BCUT2D eigenvalue weighted by Crippen LogP contribution is -2.26. The van der Waals surface area contributed by atoms with Gasteiger partial charge < -0.3 is 24.1 Å². The molecule has 10 heteroatoms. The fraction of sp³-hybridized carbons (Fsp3) is 0.350. The lowest BCUT2D eigenvalue weighted by atomic mass is 10.1. The van der Waals surface area contributed by atoms with E-state index in [2.05, 4.69) is 0 Å². The summed E-state index contributed by atoms with van der Waals surface area (Å²) in [6, 6.07) is 8.31. The largest absolute Gasteiger partial charge is 0.493 e. The number of carboxylic acid groups (broad SMARTS) is 1. The van der Waals surface area contributed by atoms with Gasteiger partial charge in [-0.2, -0.15) is 0 Å². The molecule has 1 heterocycles. The first kappa shape index (κ1) is 21.2. The van der Waals surface area contributed by atoms with Crippen LogP contribution in [-0.4, -0.2) is 48.5 Å². The van der Waals surface area contributed by atoms with Crippen LogP contribution in [0.2, 0.25) is 0 Å². The third kappa shape index (κ3) is 4.90. The zero-order chi connectivity index (χ0) is 21.7. The van der Waals surface area contributed by atoms with Crippen LogP contribution >= 0.6 is 0 Å². The molecule has 0 atom stereocenters. The van der Waals surface area contributed by atoms with Crippen molar-refractivity contribution in [3.05, 3.63) is 51.6 Å². The third-order valence-electron chi connectivity index (χ3n) is 4.66. The summed E-state index contributed by atoms with van der Waals surface area (Å²) < 4.78 is 21.1. The maximum absolute atomic E-state index is 11.6. The quantitative estimate of drug-likeness (QED) is 0.458. The molecule has 30 heavy (non-hydrogen) atoms. The average molecular weight is 418 g/mol. The first-order chi connectivity index (χ1) is 14.4. The molecular formula is C20H22N2O8. The van der Waals surface area contributed by atoms with E-state index in [0.29, 0.717) is 29.4 Å². The van der Waals surface area contributed by atoms with Gasteiger partial charge >= 0.3 is 5.97 Å². The van der Waals surface area contributed by atoms with Gasteiger partial charge in [0.2, 0.25) is 6.79 Å². The van der Waals surface area contributed by atoms with Crippen molar-refractivity contribution in [1.82, 2.24) is 4.90 Å². The van der Waals surface area contributed by atoms with Gasteiger partial charge in [-0.15, -0.1) is 0 Å². The molecule has 3 rings (SSSR count). The molecule has 0 bridgehead atoms. The van der Waals surface area contributed by atoms with E-state index in [9.17, 15) is 14.9 Å². The minimum Gasteiger partial charge on any atom is -0.493 e. The molecule has 0 aromatic heterocycles. The number of hydrogen-bond donors (Lipinski definition) is 1. The van der Waals surface area contributed by atoms with E-state index in [1.165, 1.54) is 20.3 Å². The van der Waals surface area contributed by atoms with Crippen molar-refractivity contribution >= 4 is 11.7 Å². The number of methoxy groups -OCH3 is 2. The van der Waals surface area contributed by atoms with Crippen LogP contribution in [-0.2, 0) is 17.9 Å². The minimum absolute atomic E-state index is 0.106. The maximum Gasteiger partial charge on any atom is 0.304 e. The van der Waals surface area contributed by atoms with Crippen LogP contribution < -0.4 is 18.9 Å². The van der Waals surface area contributed by atoms with E-state index >= 15 is 0 Å². The molecule has 0 amide bonds. The van der Waals surface area contributed by atoms with Crippen molar-refractivity contribution in [1.29, 1.82) is 0 Å². The molecule has 0 saturated carbocycles. The highest BCUT2D eigenvalue weighted by Gasteiger charge is 2.22. The van der Waals surface area contributed by atoms with Crippen LogP contribution in [0.5, 0.6) is 23.0 Å². The number of hydrogen-bond acceptors (Lipinski definition) is 8. The molecular weight excluding hydrogens is 396 g/mol. The number of carbonyl (C=O) groups is 1. The number of aliphatic carboxylic acids is 1.